The van der Waals surface area contributed by atoms with Gasteiger partial charge in [0.1, 0.15) is 5.76 Å². The summed E-state index contributed by atoms with van der Waals surface area (Å²) >= 11 is 6.11. The first kappa shape index (κ1) is 14.6. The zero-order valence-corrected chi connectivity index (χ0v) is 12.1. The van der Waals surface area contributed by atoms with Crippen LogP contribution in [0.25, 0.3) is 0 Å². The minimum absolute atomic E-state index is 0.00569. The second-order valence-electron chi connectivity index (χ2n) is 4.79. The smallest absolute Gasteiger partial charge is 0.372 e. The Bertz CT molecular complexity index is 621. The van der Waals surface area contributed by atoms with Crippen LogP contribution in [0.5, 0.6) is 0 Å². The van der Waals surface area contributed by atoms with E-state index < -0.39 is 5.97 Å². The van der Waals surface area contributed by atoms with Crippen molar-refractivity contribution >= 4 is 17.6 Å². The molecule has 0 amide bonds. The molecule has 0 saturated carbocycles. The van der Waals surface area contributed by atoms with Gasteiger partial charge >= 0.3 is 5.97 Å². The second kappa shape index (κ2) is 6.11. The number of furan rings is 1. The average Bonchev–Trinajstić information content (AvgIpc) is 2.73. The first-order valence-corrected chi connectivity index (χ1v) is 6.59. The molecule has 0 aliphatic carbocycles. The summed E-state index contributed by atoms with van der Waals surface area (Å²) in [6.45, 7) is 2.92. The van der Waals surface area contributed by atoms with E-state index in [1.165, 1.54) is 0 Å². The van der Waals surface area contributed by atoms with Gasteiger partial charge in [0.2, 0.25) is 5.76 Å². The lowest BCUT2D eigenvalue weighted by atomic mass is 10.2. The van der Waals surface area contributed by atoms with E-state index >= 15 is 0 Å². The molecule has 106 valence electrons. The fraction of sp³-hybridized carbons (Fsp3) is 0.267. The zero-order valence-electron chi connectivity index (χ0n) is 11.4. The van der Waals surface area contributed by atoms with E-state index in [1.54, 1.807) is 13.0 Å². The highest BCUT2D eigenvalue weighted by molar-refractivity contribution is 6.31. The minimum Gasteiger partial charge on any atom is -0.475 e. The Hall–Kier alpha value is -1.78. The van der Waals surface area contributed by atoms with Gasteiger partial charge in [-0.25, -0.2) is 4.79 Å². The normalized spacial score (nSPS) is 11.0. The van der Waals surface area contributed by atoms with Gasteiger partial charge in [0, 0.05) is 17.1 Å². The van der Waals surface area contributed by atoms with Crippen LogP contribution in [-0.4, -0.2) is 23.0 Å². The Kier molecular flexibility index (Phi) is 4.47. The van der Waals surface area contributed by atoms with Crippen LogP contribution in [0.15, 0.2) is 34.7 Å². The van der Waals surface area contributed by atoms with Crippen LogP contribution < -0.4 is 0 Å². The van der Waals surface area contributed by atoms with Crippen LogP contribution in [0, 0.1) is 6.92 Å². The van der Waals surface area contributed by atoms with E-state index in [0.717, 1.165) is 10.6 Å². The molecule has 1 aromatic carbocycles. The van der Waals surface area contributed by atoms with E-state index in [-0.39, 0.29) is 5.76 Å². The number of nitrogens with zero attached hydrogens (tertiary/aromatic N) is 1. The fourth-order valence-corrected chi connectivity index (χ4v) is 2.27. The highest BCUT2D eigenvalue weighted by Gasteiger charge is 2.15. The van der Waals surface area contributed by atoms with Crippen LogP contribution in [-0.2, 0) is 13.1 Å². The van der Waals surface area contributed by atoms with Gasteiger partial charge in [-0.1, -0.05) is 29.8 Å². The van der Waals surface area contributed by atoms with Crippen molar-refractivity contribution in [1.82, 2.24) is 4.90 Å². The van der Waals surface area contributed by atoms with E-state index in [4.69, 9.17) is 21.1 Å². The first-order valence-electron chi connectivity index (χ1n) is 6.22. The summed E-state index contributed by atoms with van der Waals surface area (Å²) in [5.74, 6) is -0.400. The maximum Gasteiger partial charge on any atom is 0.372 e. The quantitative estimate of drug-likeness (QED) is 0.915. The SMILES string of the molecule is Cc1cc(CN(C)Cc2ccccc2Cl)oc1C(=O)O. The second-order valence-corrected chi connectivity index (χ2v) is 5.20. The standard InChI is InChI=1S/C15H16ClNO3/c1-10-7-12(20-14(10)15(18)19)9-17(2)8-11-5-3-4-6-13(11)16/h3-7H,8-9H2,1-2H3,(H,18,19). The Balaban J connectivity index is 2.05. The number of aryl methyl sites for hydroxylation is 1. The predicted octanol–water partition coefficient (Wildman–Crippen LogP) is 3.57. The molecule has 2 rings (SSSR count). The molecule has 1 N–H and O–H groups in total. The number of hydrogen-bond acceptors (Lipinski definition) is 3. The number of hydrogen-bond donors (Lipinski definition) is 1. The molecule has 2 aromatic rings. The van der Waals surface area contributed by atoms with Crippen LogP contribution in [0.4, 0.5) is 0 Å². The molecule has 4 nitrogen and oxygen atoms in total. The number of halogens is 1. The molecule has 0 spiro atoms. The maximum absolute atomic E-state index is 10.9. The summed E-state index contributed by atoms with van der Waals surface area (Å²) in [6.07, 6.45) is 0. The number of carboxylic acids is 1. The van der Waals surface area contributed by atoms with Crippen LogP contribution in [0.3, 0.4) is 0 Å². The van der Waals surface area contributed by atoms with Crippen molar-refractivity contribution < 1.29 is 14.3 Å². The van der Waals surface area contributed by atoms with Crippen LogP contribution in [0.1, 0.15) is 27.4 Å². The van der Waals surface area contributed by atoms with Crippen molar-refractivity contribution in [2.45, 2.75) is 20.0 Å². The third-order valence-corrected chi connectivity index (χ3v) is 3.36. The lowest BCUT2D eigenvalue weighted by molar-refractivity contribution is 0.0657. The van der Waals surface area contributed by atoms with Gasteiger partial charge < -0.3 is 9.52 Å². The summed E-state index contributed by atoms with van der Waals surface area (Å²) in [5, 5.41) is 9.68. The molecule has 5 heteroatoms. The van der Waals surface area contributed by atoms with E-state index in [9.17, 15) is 4.79 Å². The lowest BCUT2D eigenvalue weighted by Crippen LogP contribution is -2.17. The highest BCUT2D eigenvalue weighted by Crippen LogP contribution is 2.19. The third-order valence-electron chi connectivity index (χ3n) is 2.99. The minimum atomic E-state index is -1.04. The predicted molar refractivity (Wildman–Crippen MR) is 77.0 cm³/mol. The van der Waals surface area contributed by atoms with Gasteiger partial charge in [0.25, 0.3) is 0 Å². The largest absolute Gasteiger partial charge is 0.475 e. The molecule has 1 heterocycles. The Morgan fingerprint density at radius 3 is 2.65 bits per heavy atom. The van der Waals surface area contributed by atoms with Crippen LogP contribution >= 0.6 is 11.6 Å². The molecule has 20 heavy (non-hydrogen) atoms. The molecule has 0 aliphatic heterocycles. The lowest BCUT2D eigenvalue weighted by Gasteiger charge is -2.15. The van der Waals surface area contributed by atoms with Gasteiger partial charge in [-0.15, -0.1) is 0 Å². The molecule has 0 fully saturated rings. The maximum atomic E-state index is 10.9. The molecule has 0 saturated heterocycles. The molecule has 0 radical (unpaired) electrons. The molecular weight excluding hydrogens is 278 g/mol. The van der Waals surface area contributed by atoms with Gasteiger partial charge in [0.15, 0.2) is 0 Å². The molecule has 0 unspecified atom stereocenters. The monoisotopic (exact) mass is 293 g/mol. The average molecular weight is 294 g/mol. The fourth-order valence-electron chi connectivity index (χ4n) is 2.08. The first-order chi connectivity index (χ1) is 9.47. The van der Waals surface area contributed by atoms with Gasteiger partial charge in [0.05, 0.1) is 6.54 Å². The van der Waals surface area contributed by atoms with E-state index in [2.05, 4.69) is 0 Å². The number of aromatic carboxylic acids is 1. The van der Waals surface area contributed by atoms with E-state index in [1.807, 2.05) is 36.2 Å². The molecule has 0 atom stereocenters. The van der Waals surface area contributed by atoms with Crippen molar-refractivity contribution in [2.75, 3.05) is 7.05 Å². The van der Waals surface area contributed by atoms with Crippen LogP contribution in [0.2, 0.25) is 5.02 Å². The summed E-state index contributed by atoms with van der Waals surface area (Å²) in [7, 11) is 1.93. The molecule has 1 aromatic heterocycles. The van der Waals surface area contributed by atoms with Gasteiger partial charge in [-0.2, -0.15) is 0 Å². The Morgan fingerprint density at radius 1 is 1.35 bits per heavy atom. The summed E-state index contributed by atoms with van der Waals surface area (Å²) in [4.78, 5) is 13.0. The number of carbonyl (C=O) groups is 1. The molecule has 0 aliphatic rings. The van der Waals surface area contributed by atoms with Crippen molar-refractivity contribution in [1.29, 1.82) is 0 Å². The Labute approximate surface area is 122 Å². The zero-order chi connectivity index (χ0) is 14.7. The summed E-state index contributed by atoms with van der Waals surface area (Å²) in [5.41, 5.74) is 1.66. The Morgan fingerprint density at radius 2 is 2.05 bits per heavy atom. The number of carboxylic acid groups (broad SMARTS) is 1. The summed E-state index contributed by atoms with van der Waals surface area (Å²) in [6, 6.07) is 9.40. The van der Waals surface area contributed by atoms with Crippen molar-refractivity contribution in [3.8, 4) is 0 Å². The topological polar surface area (TPSA) is 53.7 Å². The van der Waals surface area contributed by atoms with Crippen molar-refractivity contribution in [3.05, 3.63) is 58.0 Å². The van der Waals surface area contributed by atoms with Crippen molar-refractivity contribution in [2.24, 2.45) is 0 Å². The van der Waals surface area contributed by atoms with Gasteiger partial charge in [-0.05, 0) is 31.7 Å². The number of benzene rings is 1. The van der Waals surface area contributed by atoms with E-state index in [0.29, 0.717) is 24.4 Å². The number of rotatable bonds is 5. The van der Waals surface area contributed by atoms with Gasteiger partial charge in [-0.3, -0.25) is 4.90 Å². The third kappa shape index (κ3) is 3.40. The molecule has 0 bridgehead atoms. The van der Waals surface area contributed by atoms with Crippen molar-refractivity contribution in [3.63, 3.8) is 0 Å². The highest BCUT2D eigenvalue weighted by atomic mass is 35.5. The molecular formula is C15H16ClNO3. The summed E-state index contributed by atoms with van der Waals surface area (Å²) < 4.78 is 5.34.